The number of hydrogen-bond acceptors (Lipinski definition) is 5. The Balaban J connectivity index is 1.61. The number of benzene rings is 1. The van der Waals surface area contributed by atoms with E-state index in [1.54, 1.807) is 4.90 Å². The Kier molecular flexibility index (Phi) is 5.16. The van der Waals surface area contributed by atoms with Gasteiger partial charge < -0.3 is 19.3 Å². The molecule has 0 saturated carbocycles. The maximum atomic E-state index is 13.4. The summed E-state index contributed by atoms with van der Waals surface area (Å²) in [5.41, 5.74) is 0.829. The fourth-order valence-corrected chi connectivity index (χ4v) is 4.72. The maximum Gasteiger partial charge on any atom is 0.248 e. The van der Waals surface area contributed by atoms with Crippen molar-refractivity contribution < 1.29 is 19.1 Å². The topological polar surface area (TPSA) is 62.3 Å². The molecule has 0 unspecified atom stereocenters. The first-order chi connectivity index (χ1) is 13.2. The lowest BCUT2D eigenvalue weighted by molar-refractivity contribution is -0.141. The summed E-state index contributed by atoms with van der Waals surface area (Å²) < 4.78 is 10.6. The van der Waals surface area contributed by atoms with Gasteiger partial charge in [-0.2, -0.15) is 0 Å². The number of hydrogen-bond donors (Lipinski definition) is 0. The number of nitrogens with zero attached hydrogens (tertiary/aromatic N) is 3. The van der Waals surface area contributed by atoms with E-state index in [0.29, 0.717) is 39.4 Å². The molecule has 0 aromatic heterocycles. The van der Waals surface area contributed by atoms with Crippen LogP contribution in [0.15, 0.2) is 30.3 Å². The van der Waals surface area contributed by atoms with Crippen LogP contribution in [0.1, 0.15) is 18.4 Å². The molecule has 0 bridgehead atoms. The molecule has 3 saturated heterocycles. The standard InChI is InChI=1S/C20H27N3O4/c1-26-15-18(24)21-9-10-22-17(14-21)19(25)23(13-16-5-3-2-4-6-16)20(22)7-11-27-12-8-20/h2-6,17H,7-15H2,1H3/t17-/m1/s1. The van der Waals surface area contributed by atoms with Crippen LogP contribution in [-0.2, 0) is 25.6 Å². The zero-order valence-corrected chi connectivity index (χ0v) is 15.8. The molecular formula is C20H27N3O4. The zero-order valence-electron chi connectivity index (χ0n) is 15.8. The Morgan fingerprint density at radius 3 is 2.67 bits per heavy atom. The van der Waals surface area contributed by atoms with Crippen molar-refractivity contribution in [1.82, 2.24) is 14.7 Å². The lowest BCUT2D eigenvalue weighted by atomic mass is 9.96. The molecule has 3 fully saturated rings. The molecule has 1 spiro atoms. The SMILES string of the molecule is COCC(=O)N1CCN2[C@H](C1)C(=O)N(Cc1ccccc1)C21CCOCC1. The monoisotopic (exact) mass is 373 g/mol. The summed E-state index contributed by atoms with van der Waals surface area (Å²) in [5, 5.41) is 0. The number of carbonyl (C=O) groups excluding carboxylic acids is 2. The van der Waals surface area contributed by atoms with E-state index in [1.165, 1.54) is 7.11 Å². The first kappa shape index (κ1) is 18.4. The minimum Gasteiger partial charge on any atom is -0.381 e. The van der Waals surface area contributed by atoms with Crippen LogP contribution in [0.4, 0.5) is 0 Å². The summed E-state index contributed by atoms with van der Waals surface area (Å²) in [6.45, 7) is 3.76. The van der Waals surface area contributed by atoms with E-state index < -0.39 is 0 Å². The third-order valence-corrected chi connectivity index (χ3v) is 6.07. The molecule has 7 heteroatoms. The molecule has 2 amide bonds. The Hall–Kier alpha value is -1.96. The van der Waals surface area contributed by atoms with Gasteiger partial charge in [0.25, 0.3) is 0 Å². The summed E-state index contributed by atoms with van der Waals surface area (Å²) in [5.74, 6) is 0.0724. The van der Waals surface area contributed by atoms with Gasteiger partial charge in [-0.3, -0.25) is 14.5 Å². The zero-order chi connectivity index (χ0) is 18.9. The van der Waals surface area contributed by atoms with Gasteiger partial charge in [-0.05, 0) is 5.56 Å². The lowest BCUT2D eigenvalue weighted by Crippen LogP contribution is -2.62. The minimum absolute atomic E-state index is 0.0486. The molecule has 146 valence electrons. The number of methoxy groups -OCH3 is 1. The molecule has 3 heterocycles. The van der Waals surface area contributed by atoms with Gasteiger partial charge in [-0.25, -0.2) is 0 Å². The number of ether oxygens (including phenoxy) is 2. The summed E-state index contributed by atoms with van der Waals surface area (Å²) in [4.78, 5) is 31.8. The highest BCUT2D eigenvalue weighted by Crippen LogP contribution is 2.42. The van der Waals surface area contributed by atoms with Gasteiger partial charge in [-0.1, -0.05) is 30.3 Å². The second-order valence-corrected chi connectivity index (χ2v) is 7.49. The van der Waals surface area contributed by atoms with Crippen LogP contribution < -0.4 is 0 Å². The van der Waals surface area contributed by atoms with E-state index in [1.807, 2.05) is 23.1 Å². The largest absolute Gasteiger partial charge is 0.381 e. The molecule has 4 rings (SSSR count). The molecule has 3 aliphatic rings. The quantitative estimate of drug-likeness (QED) is 0.777. The molecule has 0 radical (unpaired) electrons. The van der Waals surface area contributed by atoms with E-state index in [0.717, 1.165) is 18.4 Å². The Morgan fingerprint density at radius 1 is 1.22 bits per heavy atom. The van der Waals surface area contributed by atoms with E-state index in [4.69, 9.17) is 9.47 Å². The van der Waals surface area contributed by atoms with Crippen molar-refractivity contribution >= 4 is 11.8 Å². The van der Waals surface area contributed by atoms with Crippen LogP contribution >= 0.6 is 0 Å². The summed E-state index contributed by atoms with van der Waals surface area (Å²) in [6, 6.07) is 9.84. The van der Waals surface area contributed by atoms with E-state index in [9.17, 15) is 9.59 Å². The van der Waals surface area contributed by atoms with Crippen molar-refractivity contribution in [3.8, 4) is 0 Å². The third-order valence-electron chi connectivity index (χ3n) is 6.07. The number of carbonyl (C=O) groups is 2. The first-order valence-electron chi connectivity index (χ1n) is 9.62. The molecule has 1 aromatic rings. The van der Waals surface area contributed by atoms with Crippen LogP contribution in [0, 0.1) is 0 Å². The van der Waals surface area contributed by atoms with E-state index in [-0.39, 0.29) is 30.1 Å². The predicted octanol–water partition coefficient (Wildman–Crippen LogP) is 0.695. The molecule has 1 aromatic carbocycles. The molecule has 7 nitrogen and oxygen atoms in total. The molecule has 3 aliphatic heterocycles. The number of rotatable bonds is 4. The fraction of sp³-hybridized carbons (Fsp3) is 0.600. The average molecular weight is 373 g/mol. The van der Waals surface area contributed by atoms with Gasteiger partial charge >= 0.3 is 0 Å². The number of piperazine rings is 1. The number of amides is 2. The molecular weight excluding hydrogens is 346 g/mol. The second-order valence-electron chi connectivity index (χ2n) is 7.49. The highest BCUT2D eigenvalue weighted by molar-refractivity contribution is 5.87. The minimum atomic E-state index is -0.299. The van der Waals surface area contributed by atoms with E-state index >= 15 is 0 Å². The highest BCUT2D eigenvalue weighted by Gasteiger charge is 2.58. The van der Waals surface area contributed by atoms with Crippen molar-refractivity contribution in [1.29, 1.82) is 0 Å². The molecule has 1 atom stereocenters. The van der Waals surface area contributed by atoms with Crippen molar-refractivity contribution in [2.75, 3.05) is 46.6 Å². The van der Waals surface area contributed by atoms with Gasteiger partial charge in [0.2, 0.25) is 11.8 Å². The molecule has 0 aliphatic carbocycles. The predicted molar refractivity (Wildman–Crippen MR) is 98.7 cm³/mol. The first-order valence-corrected chi connectivity index (χ1v) is 9.62. The van der Waals surface area contributed by atoms with Crippen molar-refractivity contribution in [2.24, 2.45) is 0 Å². The lowest BCUT2D eigenvalue weighted by Gasteiger charge is -2.49. The van der Waals surface area contributed by atoms with Crippen molar-refractivity contribution in [3.05, 3.63) is 35.9 Å². The molecule has 27 heavy (non-hydrogen) atoms. The molecule has 0 N–H and O–H groups in total. The summed E-state index contributed by atoms with van der Waals surface area (Å²) in [6.07, 6.45) is 1.63. The van der Waals surface area contributed by atoms with Crippen LogP contribution in [0.25, 0.3) is 0 Å². The van der Waals surface area contributed by atoms with Crippen LogP contribution in [-0.4, -0.2) is 84.8 Å². The fourth-order valence-electron chi connectivity index (χ4n) is 4.72. The average Bonchev–Trinajstić information content (AvgIpc) is 2.92. The van der Waals surface area contributed by atoms with Crippen molar-refractivity contribution in [2.45, 2.75) is 31.1 Å². The van der Waals surface area contributed by atoms with Crippen LogP contribution in [0.5, 0.6) is 0 Å². The Bertz CT molecular complexity index is 690. The summed E-state index contributed by atoms with van der Waals surface area (Å²) in [7, 11) is 1.52. The normalized spacial score (nSPS) is 25.1. The van der Waals surface area contributed by atoms with Gasteiger partial charge in [0.15, 0.2) is 0 Å². The maximum absolute atomic E-state index is 13.4. The summed E-state index contributed by atoms with van der Waals surface area (Å²) >= 11 is 0. The third kappa shape index (κ3) is 3.24. The Labute approximate surface area is 159 Å². The van der Waals surface area contributed by atoms with Crippen LogP contribution in [0.3, 0.4) is 0 Å². The van der Waals surface area contributed by atoms with Gasteiger partial charge in [0.05, 0.1) is 13.2 Å². The van der Waals surface area contributed by atoms with Crippen molar-refractivity contribution in [3.63, 3.8) is 0 Å². The van der Waals surface area contributed by atoms with Gasteiger partial charge in [0, 0.05) is 46.1 Å². The van der Waals surface area contributed by atoms with Crippen LogP contribution in [0.2, 0.25) is 0 Å². The Morgan fingerprint density at radius 2 is 1.96 bits per heavy atom. The highest BCUT2D eigenvalue weighted by atomic mass is 16.5. The van der Waals surface area contributed by atoms with Gasteiger partial charge in [-0.15, -0.1) is 0 Å². The van der Waals surface area contributed by atoms with E-state index in [2.05, 4.69) is 17.0 Å². The van der Waals surface area contributed by atoms with Gasteiger partial charge in [0.1, 0.15) is 18.3 Å². The second kappa shape index (κ2) is 7.58. The number of fused-ring (bicyclic) bond motifs is 2. The smallest absolute Gasteiger partial charge is 0.248 e.